The molecule has 0 aromatic rings. The Bertz CT molecular complexity index is 1090. The molecular formula is C52H101N2O6P. The summed E-state index contributed by atoms with van der Waals surface area (Å²) in [6, 6.07) is -0.905. The minimum absolute atomic E-state index is 0.00824. The molecule has 0 spiro atoms. The topological polar surface area (TPSA) is 108 Å². The number of hydrogen-bond donors (Lipinski definition) is 2. The molecule has 0 aliphatic heterocycles. The van der Waals surface area contributed by atoms with Gasteiger partial charge in [-0.1, -0.05) is 230 Å². The van der Waals surface area contributed by atoms with E-state index in [4.69, 9.17) is 9.05 Å². The lowest BCUT2D eigenvalue weighted by Crippen LogP contribution is -2.45. The van der Waals surface area contributed by atoms with Crippen LogP contribution in [0.4, 0.5) is 0 Å². The third kappa shape index (κ3) is 46.5. The van der Waals surface area contributed by atoms with Crippen LogP contribution in [0.1, 0.15) is 239 Å². The number of likely N-dealkylation sites (N-methyl/N-ethyl adjacent to an activating group) is 1. The summed E-state index contributed by atoms with van der Waals surface area (Å²) in [5, 5.41) is 13.7. The lowest BCUT2D eigenvalue weighted by atomic mass is 10.0. The maximum atomic E-state index is 12.8. The SMILES string of the molecule is C/C=C/CC/C=C/CC/C=C/C(O)C(COP(=O)([O-])OCC[N+](C)(C)C)NC(=O)CCCCCCCCCCCCCCCCCCCCCCCCCCCCCCCC. The largest absolute Gasteiger partial charge is 0.756 e. The molecule has 0 aromatic heterocycles. The van der Waals surface area contributed by atoms with Gasteiger partial charge in [-0.25, -0.2) is 0 Å². The molecule has 9 heteroatoms. The van der Waals surface area contributed by atoms with E-state index in [9.17, 15) is 19.4 Å². The number of phosphoric ester groups is 1. The van der Waals surface area contributed by atoms with Gasteiger partial charge < -0.3 is 28.8 Å². The molecule has 0 fully saturated rings. The van der Waals surface area contributed by atoms with Gasteiger partial charge in [-0.15, -0.1) is 0 Å². The molecule has 0 aliphatic rings. The van der Waals surface area contributed by atoms with E-state index in [0.29, 0.717) is 17.4 Å². The number of carbonyl (C=O) groups excluding carboxylic acids is 1. The highest BCUT2D eigenvalue weighted by Gasteiger charge is 2.23. The van der Waals surface area contributed by atoms with E-state index in [1.165, 1.54) is 173 Å². The number of nitrogens with one attached hydrogen (secondary N) is 1. The molecule has 0 aliphatic carbocycles. The minimum atomic E-state index is -4.59. The van der Waals surface area contributed by atoms with Crippen molar-refractivity contribution in [3.05, 3.63) is 36.5 Å². The average Bonchev–Trinajstić information content (AvgIpc) is 3.21. The number of amides is 1. The van der Waals surface area contributed by atoms with E-state index in [0.717, 1.165) is 44.9 Å². The Hall–Kier alpha value is -1.28. The highest BCUT2D eigenvalue weighted by molar-refractivity contribution is 7.45. The first-order chi connectivity index (χ1) is 29.5. The Balaban J connectivity index is 3.96. The van der Waals surface area contributed by atoms with Gasteiger partial charge in [0.05, 0.1) is 39.9 Å². The summed E-state index contributed by atoms with van der Waals surface area (Å²) in [4.78, 5) is 25.3. The number of aliphatic hydroxyl groups is 1. The van der Waals surface area contributed by atoms with E-state index >= 15 is 0 Å². The van der Waals surface area contributed by atoms with Crippen molar-refractivity contribution in [1.82, 2.24) is 5.32 Å². The van der Waals surface area contributed by atoms with Crippen LogP contribution in [0, 0.1) is 0 Å². The van der Waals surface area contributed by atoms with Gasteiger partial charge >= 0.3 is 0 Å². The first-order valence-electron chi connectivity index (χ1n) is 25.8. The number of unbranched alkanes of at least 4 members (excludes halogenated alkanes) is 31. The van der Waals surface area contributed by atoms with Gasteiger partial charge in [0.15, 0.2) is 0 Å². The highest BCUT2D eigenvalue weighted by Crippen LogP contribution is 2.38. The predicted molar refractivity (Wildman–Crippen MR) is 261 cm³/mol. The molecular weight excluding hydrogens is 780 g/mol. The summed E-state index contributed by atoms with van der Waals surface area (Å²) in [5.74, 6) is -0.211. The molecule has 3 unspecified atom stereocenters. The first-order valence-corrected chi connectivity index (χ1v) is 27.3. The molecule has 0 radical (unpaired) electrons. The van der Waals surface area contributed by atoms with Crippen molar-refractivity contribution in [3.8, 4) is 0 Å². The standard InChI is InChI=1S/C52H101N2O6P/c1-6-8-10-12-14-16-17-18-19-20-21-22-23-24-25-26-27-28-29-30-31-32-33-34-35-36-38-40-42-44-46-52(56)53-50(49-60-61(57,58)59-48-47-54(3,4)5)51(55)45-43-41-39-37-15-13-11-9-7-2/h7,9,15,37,43,45,50-51,55H,6,8,10-14,16-36,38-42,44,46-49H2,1-5H3,(H-,53,56,57,58)/b9-7+,37-15+,45-43+. The molecule has 61 heavy (non-hydrogen) atoms. The second-order valence-corrected chi connectivity index (χ2v) is 20.3. The molecule has 2 N–H and O–H groups in total. The number of carbonyl (C=O) groups is 1. The van der Waals surface area contributed by atoms with Crippen LogP contribution in [-0.4, -0.2) is 68.5 Å². The molecule has 0 heterocycles. The Morgan fingerprint density at radius 1 is 0.590 bits per heavy atom. The molecule has 360 valence electrons. The first kappa shape index (κ1) is 59.7. The number of allylic oxidation sites excluding steroid dienone is 5. The summed E-state index contributed by atoms with van der Waals surface area (Å²) in [6.07, 6.45) is 55.5. The molecule has 0 aromatic carbocycles. The smallest absolute Gasteiger partial charge is 0.268 e. The summed E-state index contributed by atoms with van der Waals surface area (Å²) >= 11 is 0. The second-order valence-electron chi connectivity index (χ2n) is 18.9. The van der Waals surface area contributed by atoms with Crippen molar-refractivity contribution < 1.29 is 32.9 Å². The number of hydrogen-bond acceptors (Lipinski definition) is 6. The number of quaternary nitrogens is 1. The second kappa shape index (κ2) is 43.9. The number of phosphoric acid groups is 1. The van der Waals surface area contributed by atoms with Gasteiger partial charge in [0.2, 0.25) is 5.91 Å². The zero-order chi connectivity index (χ0) is 45.0. The van der Waals surface area contributed by atoms with E-state index in [1.807, 2.05) is 40.2 Å². The van der Waals surface area contributed by atoms with Gasteiger partial charge in [0.25, 0.3) is 7.82 Å². The molecule has 8 nitrogen and oxygen atoms in total. The van der Waals surface area contributed by atoms with Crippen LogP contribution < -0.4 is 10.2 Å². The van der Waals surface area contributed by atoms with Crippen molar-refractivity contribution in [2.24, 2.45) is 0 Å². The van der Waals surface area contributed by atoms with E-state index in [-0.39, 0.29) is 12.5 Å². The van der Waals surface area contributed by atoms with Gasteiger partial charge in [0.1, 0.15) is 13.2 Å². The number of aliphatic hydroxyl groups excluding tert-OH is 1. The van der Waals surface area contributed by atoms with Crippen LogP contribution in [0.25, 0.3) is 0 Å². The fraction of sp³-hybridized carbons (Fsp3) is 0.865. The van der Waals surface area contributed by atoms with Gasteiger partial charge in [-0.2, -0.15) is 0 Å². The molecule has 0 rings (SSSR count). The van der Waals surface area contributed by atoms with Crippen LogP contribution in [0.15, 0.2) is 36.5 Å². The highest BCUT2D eigenvalue weighted by atomic mass is 31.2. The number of nitrogens with zero attached hydrogens (tertiary/aromatic N) is 1. The van der Waals surface area contributed by atoms with Crippen LogP contribution >= 0.6 is 7.82 Å². The average molecular weight is 881 g/mol. The fourth-order valence-electron chi connectivity index (χ4n) is 7.61. The Morgan fingerprint density at radius 3 is 1.33 bits per heavy atom. The van der Waals surface area contributed by atoms with Gasteiger partial charge in [-0.05, 0) is 39.0 Å². The predicted octanol–water partition coefficient (Wildman–Crippen LogP) is 14.4. The van der Waals surface area contributed by atoms with Crippen LogP contribution in [0.2, 0.25) is 0 Å². The zero-order valence-electron chi connectivity index (χ0n) is 40.9. The minimum Gasteiger partial charge on any atom is -0.756 e. The van der Waals surface area contributed by atoms with Crippen LogP contribution in [-0.2, 0) is 18.4 Å². The van der Waals surface area contributed by atoms with Crippen molar-refractivity contribution in [1.29, 1.82) is 0 Å². The van der Waals surface area contributed by atoms with Crippen LogP contribution in [0.5, 0.6) is 0 Å². The van der Waals surface area contributed by atoms with E-state index < -0.39 is 26.6 Å². The third-order valence-corrected chi connectivity index (χ3v) is 12.6. The molecule has 0 saturated heterocycles. The van der Waals surface area contributed by atoms with Crippen molar-refractivity contribution in [3.63, 3.8) is 0 Å². The molecule has 3 atom stereocenters. The maximum Gasteiger partial charge on any atom is 0.268 e. The quantitative estimate of drug-likeness (QED) is 0.0273. The molecule has 1 amide bonds. The van der Waals surface area contributed by atoms with E-state index in [1.54, 1.807) is 6.08 Å². The van der Waals surface area contributed by atoms with Crippen molar-refractivity contribution in [2.75, 3.05) is 40.9 Å². The summed E-state index contributed by atoms with van der Waals surface area (Å²) in [6.45, 7) is 4.40. The van der Waals surface area contributed by atoms with Crippen molar-refractivity contribution in [2.45, 2.75) is 251 Å². The number of rotatable bonds is 47. The summed E-state index contributed by atoms with van der Waals surface area (Å²) < 4.78 is 23.1. The maximum absolute atomic E-state index is 12.8. The normalized spacial score (nSPS) is 14.4. The molecule has 0 bridgehead atoms. The summed E-state index contributed by atoms with van der Waals surface area (Å²) in [7, 11) is 1.24. The van der Waals surface area contributed by atoms with Crippen LogP contribution in [0.3, 0.4) is 0 Å². The Morgan fingerprint density at radius 2 is 0.951 bits per heavy atom. The zero-order valence-corrected chi connectivity index (χ0v) is 41.8. The van der Waals surface area contributed by atoms with Gasteiger partial charge in [-0.3, -0.25) is 9.36 Å². The third-order valence-electron chi connectivity index (χ3n) is 11.7. The Kier molecular flexibility index (Phi) is 43.0. The Labute approximate surface area is 378 Å². The van der Waals surface area contributed by atoms with Crippen molar-refractivity contribution >= 4 is 13.7 Å². The van der Waals surface area contributed by atoms with Gasteiger partial charge in [0, 0.05) is 6.42 Å². The molecule has 0 saturated carbocycles. The summed E-state index contributed by atoms with van der Waals surface area (Å²) in [5.41, 5.74) is 0. The lowest BCUT2D eigenvalue weighted by Gasteiger charge is -2.29. The van der Waals surface area contributed by atoms with E-state index in [2.05, 4.69) is 30.5 Å². The monoisotopic (exact) mass is 881 g/mol. The fourth-order valence-corrected chi connectivity index (χ4v) is 8.33. The lowest BCUT2D eigenvalue weighted by molar-refractivity contribution is -0.870.